The van der Waals surface area contributed by atoms with Crippen molar-refractivity contribution in [3.8, 4) is 0 Å². The summed E-state index contributed by atoms with van der Waals surface area (Å²) in [6.07, 6.45) is 1.81. The number of nitrogens with two attached hydrogens (primary N) is 1. The van der Waals surface area contributed by atoms with E-state index in [1.54, 1.807) is 0 Å². The highest BCUT2D eigenvalue weighted by atomic mass is 16.6. The summed E-state index contributed by atoms with van der Waals surface area (Å²) < 4.78 is 9.93. The first-order chi connectivity index (χ1) is 7.10. The molecule has 0 spiro atoms. The average Bonchev–Trinajstić information content (AvgIpc) is 2.96. The normalized spacial score (nSPS) is 28.3. The maximum Gasteiger partial charge on any atom is 0.337 e. The number of epoxide rings is 1. The van der Waals surface area contributed by atoms with Gasteiger partial charge in [-0.2, -0.15) is 0 Å². The molecular weight excluding hydrogens is 194 g/mol. The van der Waals surface area contributed by atoms with Gasteiger partial charge in [-0.15, -0.1) is 0 Å². The molecule has 1 rings (SSSR count). The summed E-state index contributed by atoms with van der Waals surface area (Å²) in [4.78, 5) is 11.1. The van der Waals surface area contributed by atoms with E-state index < -0.39 is 0 Å². The maximum absolute atomic E-state index is 11.1. The molecule has 4 heteroatoms. The van der Waals surface area contributed by atoms with Crippen LogP contribution in [0.3, 0.4) is 0 Å². The summed E-state index contributed by atoms with van der Waals surface area (Å²) in [7, 11) is 1.39. The lowest BCUT2D eigenvalue weighted by Gasteiger charge is -2.14. The monoisotopic (exact) mass is 215 g/mol. The van der Waals surface area contributed by atoms with Crippen molar-refractivity contribution in [1.29, 1.82) is 0 Å². The molecule has 1 saturated heterocycles. The zero-order valence-corrected chi connectivity index (χ0v) is 9.73. The molecule has 0 aromatic carbocycles. The molecule has 0 radical (unpaired) electrons. The van der Waals surface area contributed by atoms with Crippen LogP contribution >= 0.6 is 0 Å². The third kappa shape index (κ3) is 3.47. The smallest absolute Gasteiger partial charge is 0.337 e. The minimum absolute atomic E-state index is 0.0534. The highest BCUT2D eigenvalue weighted by molar-refractivity contribution is 5.77. The van der Waals surface area contributed by atoms with Crippen LogP contribution < -0.4 is 5.73 Å². The second kappa shape index (κ2) is 5.47. The van der Waals surface area contributed by atoms with E-state index in [0.717, 1.165) is 19.4 Å². The van der Waals surface area contributed by atoms with E-state index >= 15 is 0 Å². The fourth-order valence-electron chi connectivity index (χ4n) is 2.03. The number of hydrogen-bond acceptors (Lipinski definition) is 4. The third-order valence-corrected chi connectivity index (χ3v) is 2.95. The molecule has 1 fully saturated rings. The molecule has 1 aliphatic heterocycles. The Morgan fingerprint density at radius 1 is 1.53 bits per heavy atom. The quantitative estimate of drug-likeness (QED) is 0.529. The molecule has 0 bridgehead atoms. The predicted molar refractivity (Wildman–Crippen MR) is 57.3 cm³/mol. The molecule has 0 aliphatic carbocycles. The van der Waals surface area contributed by atoms with Crippen molar-refractivity contribution < 1.29 is 14.3 Å². The van der Waals surface area contributed by atoms with E-state index in [4.69, 9.17) is 10.5 Å². The molecule has 2 N–H and O–H groups in total. The Kier molecular flexibility index (Phi) is 4.54. The number of methoxy groups -OCH3 is 1. The van der Waals surface area contributed by atoms with Crippen LogP contribution in [0.5, 0.6) is 0 Å². The zero-order valence-electron chi connectivity index (χ0n) is 9.73. The first kappa shape index (κ1) is 12.5. The van der Waals surface area contributed by atoms with Crippen molar-refractivity contribution in [1.82, 2.24) is 0 Å². The van der Waals surface area contributed by atoms with E-state index in [9.17, 15) is 4.79 Å². The van der Waals surface area contributed by atoms with Gasteiger partial charge in [0.2, 0.25) is 0 Å². The maximum atomic E-state index is 11.1. The highest BCUT2D eigenvalue weighted by Crippen LogP contribution is 2.34. The fourth-order valence-corrected chi connectivity index (χ4v) is 2.03. The van der Waals surface area contributed by atoms with Gasteiger partial charge in [0.1, 0.15) is 0 Å². The number of rotatable bonds is 6. The van der Waals surface area contributed by atoms with E-state index in [0.29, 0.717) is 11.8 Å². The van der Waals surface area contributed by atoms with E-state index in [1.165, 1.54) is 7.11 Å². The number of carbonyl (C=O) groups excluding carboxylic acids is 1. The number of hydrogen-bond donors (Lipinski definition) is 1. The molecule has 3 unspecified atom stereocenters. The second-order valence-electron chi connectivity index (χ2n) is 4.44. The van der Waals surface area contributed by atoms with Crippen molar-refractivity contribution in [2.75, 3.05) is 13.7 Å². The molecule has 1 heterocycles. The summed E-state index contributed by atoms with van der Waals surface area (Å²) in [5.74, 6) is 0.737. The molecule has 4 atom stereocenters. The Labute approximate surface area is 91.1 Å². The highest BCUT2D eigenvalue weighted by Gasteiger charge is 2.49. The zero-order chi connectivity index (χ0) is 11.4. The summed E-state index contributed by atoms with van der Waals surface area (Å²) in [5, 5.41) is 0. The van der Waals surface area contributed by atoms with Crippen molar-refractivity contribution in [3.05, 3.63) is 0 Å². The Bertz CT molecular complexity index is 220. The van der Waals surface area contributed by atoms with Crippen molar-refractivity contribution in [2.24, 2.45) is 17.6 Å². The lowest BCUT2D eigenvalue weighted by molar-refractivity contribution is -0.142. The molecule has 4 nitrogen and oxygen atoms in total. The summed E-state index contributed by atoms with van der Waals surface area (Å²) >= 11 is 0. The molecule has 0 amide bonds. The molecule has 15 heavy (non-hydrogen) atoms. The summed E-state index contributed by atoms with van der Waals surface area (Å²) in [5.41, 5.74) is 5.49. The fraction of sp³-hybridized carbons (Fsp3) is 0.909. The predicted octanol–water partition coefficient (Wildman–Crippen LogP) is 0.938. The Morgan fingerprint density at radius 3 is 2.73 bits per heavy atom. The van der Waals surface area contributed by atoms with Crippen LogP contribution in [0.2, 0.25) is 0 Å². The Morgan fingerprint density at radius 2 is 2.20 bits per heavy atom. The van der Waals surface area contributed by atoms with Gasteiger partial charge in [0.05, 0.1) is 13.2 Å². The van der Waals surface area contributed by atoms with Gasteiger partial charge in [-0.25, -0.2) is 4.79 Å². The molecule has 0 aromatic heterocycles. The van der Waals surface area contributed by atoms with Gasteiger partial charge in [-0.1, -0.05) is 13.8 Å². The van der Waals surface area contributed by atoms with Gasteiger partial charge >= 0.3 is 5.97 Å². The lowest BCUT2D eigenvalue weighted by atomic mass is 9.91. The minimum atomic E-state index is -0.324. The number of esters is 1. The Hall–Kier alpha value is -0.610. The first-order valence-corrected chi connectivity index (χ1v) is 5.53. The number of ether oxygens (including phenoxy) is 2. The molecule has 0 aromatic rings. The SMILES string of the molecule is COC(=O)C1OC1C(C)C[C@@H](C)CCN. The summed E-state index contributed by atoms with van der Waals surface area (Å²) in [6, 6.07) is 0. The lowest BCUT2D eigenvalue weighted by Crippen LogP contribution is -2.18. The first-order valence-electron chi connectivity index (χ1n) is 5.53. The third-order valence-electron chi connectivity index (χ3n) is 2.95. The minimum Gasteiger partial charge on any atom is -0.467 e. The number of carbonyl (C=O) groups is 1. The molecule has 0 saturated carbocycles. The summed E-state index contributed by atoms with van der Waals surface area (Å²) in [6.45, 7) is 5.01. The van der Waals surface area contributed by atoms with Gasteiger partial charge in [0.15, 0.2) is 6.10 Å². The van der Waals surface area contributed by atoms with E-state index in [1.807, 2.05) is 0 Å². The van der Waals surface area contributed by atoms with Gasteiger partial charge in [0.25, 0.3) is 0 Å². The van der Waals surface area contributed by atoms with Crippen LogP contribution in [0.15, 0.2) is 0 Å². The average molecular weight is 215 g/mol. The van der Waals surface area contributed by atoms with Crippen molar-refractivity contribution in [3.63, 3.8) is 0 Å². The second-order valence-corrected chi connectivity index (χ2v) is 4.44. The van der Waals surface area contributed by atoms with E-state index in [2.05, 4.69) is 18.6 Å². The van der Waals surface area contributed by atoms with Crippen molar-refractivity contribution in [2.45, 2.75) is 38.9 Å². The van der Waals surface area contributed by atoms with E-state index in [-0.39, 0.29) is 18.2 Å². The molecule has 1 aliphatic rings. The largest absolute Gasteiger partial charge is 0.467 e. The van der Waals surface area contributed by atoms with Crippen LogP contribution in [0.1, 0.15) is 26.7 Å². The van der Waals surface area contributed by atoms with Gasteiger partial charge in [-0.3, -0.25) is 0 Å². The van der Waals surface area contributed by atoms with Gasteiger partial charge in [0, 0.05) is 0 Å². The molecular formula is C11H21NO3. The van der Waals surface area contributed by atoms with Crippen molar-refractivity contribution >= 4 is 5.97 Å². The molecule has 88 valence electrons. The van der Waals surface area contributed by atoms with Gasteiger partial charge in [-0.05, 0) is 31.2 Å². The Balaban J connectivity index is 2.25. The van der Waals surface area contributed by atoms with Gasteiger partial charge < -0.3 is 15.2 Å². The van der Waals surface area contributed by atoms with Crippen LogP contribution in [0.4, 0.5) is 0 Å². The standard InChI is InChI=1S/C11H21NO3/c1-7(4-5-12)6-8(2)9-10(15-9)11(13)14-3/h7-10H,4-6,12H2,1-3H3/t7-,8?,9?,10?/m0/s1. The van der Waals surface area contributed by atoms with Crippen LogP contribution in [0, 0.1) is 11.8 Å². The van der Waals surface area contributed by atoms with Crippen LogP contribution in [-0.4, -0.2) is 31.8 Å². The van der Waals surface area contributed by atoms with Crippen LogP contribution in [0.25, 0.3) is 0 Å². The van der Waals surface area contributed by atoms with Crippen LogP contribution in [-0.2, 0) is 14.3 Å². The topological polar surface area (TPSA) is 64.8 Å².